The minimum atomic E-state index is 0.0245. The molecular formula is C17H13Br2NO. The van der Waals surface area contributed by atoms with E-state index in [0.29, 0.717) is 11.1 Å². The number of benzene rings is 2. The van der Waals surface area contributed by atoms with E-state index < -0.39 is 0 Å². The summed E-state index contributed by atoms with van der Waals surface area (Å²) in [6.45, 7) is 2.11. The molecule has 0 bridgehead atoms. The van der Waals surface area contributed by atoms with Crippen molar-refractivity contribution in [2.45, 2.75) is 13.3 Å². The molecule has 0 saturated heterocycles. The number of carbonyl (C=O) groups excluding carboxylic acids is 1. The lowest BCUT2D eigenvalue weighted by Crippen LogP contribution is -2.00. The van der Waals surface area contributed by atoms with Crippen molar-refractivity contribution in [3.05, 3.63) is 68.2 Å². The van der Waals surface area contributed by atoms with E-state index in [0.717, 1.165) is 26.3 Å². The van der Waals surface area contributed by atoms with Crippen LogP contribution in [0.2, 0.25) is 0 Å². The van der Waals surface area contributed by atoms with Gasteiger partial charge in [-0.05, 0) is 30.2 Å². The van der Waals surface area contributed by atoms with Gasteiger partial charge < -0.3 is 4.98 Å². The second kappa shape index (κ2) is 5.78. The molecule has 0 unspecified atom stereocenters. The Morgan fingerprint density at radius 3 is 2.52 bits per heavy atom. The van der Waals surface area contributed by atoms with Gasteiger partial charge in [0.1, 0.15) is 0 Å². The van der Waals surface area contributed by atoms with Crippen molar-refractivity contribution in [2.24, 2.45) is 0 Å². The van der Waals surface area contributed by atoms with Gasteiger partial charge in [0, 0.05) is 37.2 Å². The number of para-hydroxylation sites is 1. The quantitative estimate of drug-likeness (QED) is 0.573. The van der Waals surface area contributed by atoms with E-state index >= 15 is 0 Å². The maximum absolute atomic E-state index is 12.8. The summed E-state index contributed by atoms with van der Waals surface area (Å²) >= 11 is 6.85. The average Bonchev–Trinajstić information content (AvgIpc) is 2.89. The van der Waals surface area contributed by atoms with Crippen LogP contribution < -0.4 is 0 Å². The molecule has 2 nitrogen and oxygen atoms in total. The molecule has 1 N–H and O–H groups in total. The summed E-state index contributed by atoms with van der Waals surface area (Å²) in [5.74, 6) is 0.0245. The molecule has 0 saturated carbocycles. The fourth-order valence-electron chi connectivity index (χ4n) is 2.54. The largest absolute Gasteiger partial charge is 0.360 e. The third-order valence-electron chi connectivity index (χ3n) is 3.55. The van der Waals surface area contributed by atoms with Gasteiger partial charge in [0.2, 0.25) is 0 Å². The van der Waals surface area contributed by atoms with Crippen molar-refractivity contribution in [2.75, 3.05) is 0 Å². The SMILES string of the molecule is CCc1cccc2c(C(=O)c3cc(Br)cc(Br)c3)c[nH]c12. The first-order valence-corrected chi connectivity index (χ1v) is 8.28. The maximum atomic E-state index is 12.8. The number of hydrogen-bond donors (Lipinski definition) is 1. The molecule has 3 rings (SSSR count). The van der Waals surface area contributed by atoms with Gasteiger partial charge in [-0.25, -0.2) is 0 Å². The van der Waals surface area contributed by atoms with Crippen molar-refractivity contribution < 1.29 is 4.79 Å². The number of aromatic nitrogens is 1. The number of rotatable bonds is 3. The van der Waals surface area contributed by atoms with Gasteiger partial charge in [0.05, 0.1) is 0 Å². The van der Waals surface area contributed by atoms with Crippen molar-refractivity contribution in [3.8, 4) is 0 Å². The van der Waals surface area contributed by atoms with Crippen LogP contribution in [0.1, 0.15) is 28.4 Å². The molecule has 2 aromatic carbocycles. The van der Waals surface area contributed by atoms with E-state index in [9.17, 15) is 4.79 Å². The van der Waals surface area contributed by atoms with Crippen molar-refractivity contribution >= 4 is 48.5 Å². The standard InChI is InChI=1S/C17H13Br2NO/c1-2-10-4-3-5-14-15(9-20-16(10)14)17(21)11-6-12(18)8-13(19)7-11/h3-9,20H,2H2,1H3. The topological polar surface area (TPSA) is 32.9 Å². The Morgan fingerprint density at radius 1 is 1.14 bits per heavy atom. The highest BCUT2D eigenvalue weighted by Gasteiger charge is 2.16. The molecule has 0 aliphatic heterocycles. The molecule has 0 spiro atoms. The Balaban J connectivity index is 2.14. The number of H-pyrrole nitrogens is 1. The molecule has 0 aliphatic rings. The number of hydrogen-bond acceptors (Lipinski definition) is 1. The summed E-state index contributed by atoms with van der Waals surface area (Å²) < 4.78 is 1.77. The lowest BCUT2D eigenvalue weighted by atomic mass is 10.0. The van der Waals surface area contributed by atoms with Crippen molar-refractivity contribution in [3.63, 3.8) is 0 Å². The first-order chi connectivity index (χ1) is 10.1. The van der Waals surface area contributed by atoms with Gasteiger partial charge in [-0.3, -0.25) is 4.79 Å². The molecule has 0 atom stereocenters. The highest BCUT2D eigenvalue weighted by Crippen LogP contribution is 2.27. The summed E-state index contributed by atoms with van der Waals surface area (Å²) in [7, 11) is 0. The number of aromatic amines is 1. The zero-order valence-corrected chi connectivity index (χ0v) is 14.6. The van der Waals surface area contributed by atoms with Crippen LogP contribution in [0, 0.1) is 0 Å². The molecule has 0 radical (unpaired) electrons. The second-order valence-corrected chi connectivity index (χ2v) is 6.71. The lowest BCUT2D eigenvalue weighted by molar-refractivity contribution is 0.104. The zero-order valence-electron chi connectivity index (χ0n) is 11.4. The van der Waals surface area contributed by atoms with Gasteiger partial charge in [0.25, 0.3) is 0 Å². The lowest BCUT2D eigenvalue weighted by Gasteiger charge is -2.03. The van der Waals surface area contributed by atoms with Crippen molar-refractivity contribution in [1.82, 2.24) is 4.98 Å². The van der Waals surface area contributed by atoms with Gasteiger partial charge in [-0.15, -0.1) is 0 Å². The fraction of sp³-hybridized carbons (Fsp3) is 0.118. The molecule has 4 heteroatoms. The highest BCUT2D eigenvalue weighted by molar-refractivity contribution is 9.11. The Kier molecular flexibility index (Phi) is 4.00. The van der Waals surface area contributed by atoms with E-state index in [4.69, 9.17) is 0 Å². The smallest absolute Gasteiger partial charge is 0.195 e. The number of carbonyl (C=O) groups is 1. The van der Waals surface area contributed by atoms with E-state index in [1.54, 1.807) is 6.20 Å². The second-order valence-electron chi connectivity index (χ2n) is 4.88. The normalized spacial score (nSPS) is 11.0. The van der Waals surface area contributed by atoms with Crippen LogP contribution in [0.3, 0.4) is 0 Å². The molecule has 3 aromatic rings. The maximum Gasteiger partial charge on any atom is 0.195 e. The van der Waals surface area contributed by atoms with Crippen molar-refractivity contribution in [1.29, 1.82) is 0 Å². The van der Waals surface area contributed by atoms with Gasteiger partial charge in [-0.2, -0.15) is 0 Å². The van der Waals surface area contributed by atoms with E-state index in [1.165, 1.54) is 5.56 Å². The first-order valence-electron chi connectivity index (χ1n) is 6.70. The summed E-state index contributed by atoms with van der Waals surface area (Å²) in [5, 5.41) is 0.982. The molecule has 1 aromatic heterocycles. The highest BCUT2D eigenvalue weighted by atomic mass is 79.9. The van der Waals surface area contributed by atoms with Crippen LogP contribution in [0.5, 0.6) is 0 Å². The summed E-state index contributed by atoms with van der Waals surface area (Å²) in [6.07, 6.45) is 2.74. The molecule has 0 aliphatic carbocycles. The van der Waals surface area contributed by atoms with Crippen LogP contribution in [0.4, 0.5) is 0 Å². The third-order valence-corrected chi connectivity index (χ3v) is 4.47. The molecular weight excluding hydrogens is 394 g/mol. The molecule has 21 heavy (non-hydrogen) atoms. The molecule has 0 amide bonds. The zero-order chi connectivity index (χ0) is 15.0. The molecule has 1 heterocycles. The predicted molar refractivity (Wildman–Crippen MR) is 93.0 cm³/mol. The fourth-order valence-corrected chi connectivity index (χ4v) is 3.83. The number of aryl methyl sites for hydroxylation is 1. The Labute approximate surface area is 139 Å². The van der Waals surface area contributed by atoms with Gasteiger partial charge >= 0.3 is 0 Å². The summed E-state index contributed by atoms with van der Waals surface area (Å²) in [4.78, 5) is 16.0. The monoisotopic (exact) mass is 405 g/mol. The number of nitrogens with one attached hydrogen (secondary N) is 1. The van der Waals surface area contributed by atoms with E-state index in [2.05, 4.69) is 49.8 Å². The minimum Gasteiger partial charge on any atom is -0.360 e. The van der Waals surface area contributed by atoms with Gasteiger partial charge in [-0.1, -0.05) is 57.0 Å². The van der Waals surface area contributed by atoms with Crippen LogP contribution in [-0.2, 0) is 6.42 Å². The Bertz CT molecular complexity index is 816. The number of ketones is 1. The van der Waals surface area contributed by atoms with Crippen LogP contribution in [0.15, 0.2) is 51.5 Å². The van der Waals surface area contributed by atoms with Crippen LogP contribution in [0.25, 0.3) is 10.9 Å². The molecule has 0 fully saturated rings. The number of halogens is 2. The van der Waals surface area contributed by atoms with Crippen LogP contribution in [-0.4, -0.2) is 10.8 Å². The van der Waals surface area contributed by atoms with E-state index in [-0.39, 0.29) is 5.78 Å². The van der Waals surface area contributed by atoms with Gasteiger partial charge in [0.15, 0.2) is 5.78 Å². The molecule has 106 valence electrons. The summed E-state index contributed by atoms with van der Waals surface area (Å²) in [5.41, 5.74) is 3.66. The average molecular weight is 407 g/mol. The predicted octanol–water partition coefficient (Wildman–Crippen LogP) is 5.49. The first kappa shape index (κ1) is 14.5. The Hall–Kier alpha value is -1.39. The van der Waals surface area contributed by atoms with E-state index in [1.807, 2.05) is 30.3 Å². The summed E-state index contributed by atoms with van der Waals surface area (Å²) in [6, 6.07) is 11.7. The minimum absolute atomic E-state index is 0.0245. The third kappa shape index (κ3) is 2.70. The number of fused-ring (bicyclic) bond motifs is 1. The van der Waals surface area contributed by atoms with Crippen LogP contribution >= 0.6 is 31.9 Å². The Morgan fingerprint density at radius 2 is 1.86 bits per heavy atom.